The highest BCUT2D eigenvalue weighted by atomic mass is 35.5. The van der Waals surface area contributed by atoms with Crippen molar-refractivity contribution in [2.45, 2.75) is 4.90 Å². The maximum Gasteiger partial charge on any atom is 0.338 e. The zero-order valence-corrected chi connectivity index (χ0v) is 16.2. The Labute approximate surface area is 164 Å². The third kappa shape index (κ3) is 5.31. The number of nitro benzene ring substituents is 1. The van der Waals surface area contributed by atoms with E-state index < -0.39 is 31.3 Å². The number of para-hydroxylation sites is 1. The molecule has 0 aromatic heterocycles. The van der Waals surface area contributed by atoms with E-state index >= 15 is 0 Å². The number of rotatable bonds is 7. The lowest BCUT2D eigenvalue weighted by atomic mass is 10.2. The van der Waals surface area contributed by atoms with E-state index in [0.717, 1.165) is 24.5 Å². The molecule has 27 heavy (non-hydrogen) atoms. The summed E-state index contributed by atoms with van der Waals surface area (Å²) in [7, 11) is -3.82. The Morgan fingerprint density at radius 2 is 1.78 bits per heavy atom. The summed E-state index contributed by atoms with van der Waals surface area (Å²) < 4.78 is 33.5. The molecule has 144 valence electrons. The van der Waals surface area contributed by atoms with E-state index in [2.05, 4.69) is 0 Å². The topological polar surface area (TPSA) is 113 Å². The number of halogens is 2. The van der Waals surface area contributed by atoms with Crippen LogP contribution in [0.4, 0.5) is 5.69 Å². The summed E-state index contributed by atoms with van der Waals surface area (Å²) in [5.74, 6) is -0.628. The molecule has 2 rings (SSSR count). The lowest BCUT2D eigenvalue weighted by Crippen LogP contribution is -2.13. The van der Waals surface area contributed by atoms with Gasteiger partial charge in [-0.25, -0.2) is 13.2 Å². The monoisotopic (exact) mass is 433 g/mol. The molecule has 8 nitrogen and oxygen atoms in total. The van der Waals surface area contributed by atoms with Gasteiger partial charge in [-0.05, 0) is 24.3 Å². The lowest BCUT2D eigenvalue weighted by molar-refractivity contribution is -0.387. The molecule has 0 aliphatic rings. The van der Waals surface area contributed by atoms with E-state index in [0.29, 0.717) is 10.0 Å². The van der Waals surface area contributed by atoms with Gasteiger partial charge in [0.15, 0.2) is 15.6 Å². The molecular weight excluding hydrogens is 421 g/mol. The summed E-state index contributed by atoms with van der Waals surface area (Å²) in [6.45, 7) is -0.235. The highest BCUT2D eigenvalue weighted by Gasteiger charge is 2.24. The summed E-state index contributed by atoms with van der Waals surface area (Å²) in [5.41, 5.74) is -0.865. The zero-order valence-electron chi connectivity index (χ0n) is 13.8. The van der Waals surface area contributed by atoms with E-state index in [1.165, 1.54) is 0 Å². The van der Waals surface area contributed by atoms with Crippen LogP contribution in [0.2, 0.25) is 10.0 Å². The summed E-state index contributed by atoms with van der Waals surface area (Å²) in [6, 6.07) is 7.78. The SMILES string of the molecule is CS(=O)(=O)c1ccc(C(=O)OCCOc2c(Cl)cccc2Cl)cc1[N+](=O)[O-]. The van der Waals surface area contributed by atoms with E-state index in [1.807, 2.05) is 0 Å². The highest BCUT2D eigenvalue weighted by molar-refractivity contribution is 7.90. The quantitative estimate of drug-likeness (QED) is 0.284. The molecule has 0 atom stereocenters. The number of sulfone groups is 1. The first kappa shape index (κ1) is 20.9. The first-order chi connectivity index (χ1) is 12.6. The number of nitrogens with zero attached hydrogens (tertiary/aromatic N) is 1. The normalized spacial score (nSPS) is 11.1. The van der Waals surface area contributed by atoms with Crippen LogP contribution >= 0.6 is 23.2 Å². The van der Waals surface area contributed by atoms with Crippen LogP contribution in [0.15, 0.2) is 41.3 Å². The Bertz CT molecular complexity index is 972. The minimum absolute atomic E-state index is 0.0568. The summed E-state index contributed by atoms with van der Waals surface area (Å²) in [4.78, 5) is 21.7. The summed E-state index contributed by atoms with van der Waals surface area (Å²) in [6.07, 6.45) is 0.838. The number of carbonyl (C=O) groups excluding carboxylic acids is 1. The predicted octanol–water partition coefficient (Wildman–Crippen LogP) is 3.54. The molecule has 0 saturated heterocycles. The van der Waals surface area contributed by atoms with Crippen LogP contribution < -0.4 is 4.74 Å². The van der Waals surface area contributed by atoms with Crippen molar-refractivity contribution in [2.75, 3.05) is 19.5 Å². The number of hydrogen-bond acceptors (Lipinski definition) is 7. The highest BCUT2D eigenvalue weighted by Crippen LogP contribution is 2.32. The van der Waals surface area contributed by atoms with Gasteiger partial charge in [-0.15, -0.1) is 0 Å². The van der Waals surface area contributed by atoms with Gasteiger partial charge in [0.25, 0.3) is 5.69 Å². The lowest BCUT2D eigenvalue weighted by Gasteiger charge is -2.10. The molecule has 0 aliphatic carbocycles. The van der Waals surface area contributed by atoms with Crippen LogP contribution in [0, 0.1) is 10.1 Å². The molecule has 0 spiro atoms. The second-order valence-corrected chi connectivity index (χ2v) is 8.05. The minimum Gasteiger partial charge on any atom is -0.487 e. The molecule has 0 fully saturated rings. The van der Waals surface area contributed by atoms with Crippen molar-refractivity contribution in [3.8, 4) is 5.75 Å². The maximum absolute atomic E-state index is 12.0. The Kier molecular flexibility index (Phi) is 6.63. The Hall–Kier alpha value is -2.36. The molecule has 0 unspecified atom stereocenters. The first-order valence-corrected chi connectivity index (χ1v) is 9.98. The van der Waals surface area contributed by atoms with Crippen LogP contribution in [0.3, 0.4) is 0 Å². The van der Waals surface area contributed by atoms with Crippen LogP contribution in [0.1, 0.15) is 10.4 Å². The predicted molar refractivity (Wildman–Crippen MR) is 98.4 cm³/mol. The molecule has 0 heterocycles. The number of carbonyl (C=O) groups is 1. The average molecular weight is 434 g/mol. The van der Waals surface area contributed by atoms with Crippen molar-refractivity contribution in [1.29, 1.82) is 0 Å². The van der Waals surface area contributed by atoms with Crippen molar-refractivity contribution >= 4 is 44.7 Å². The van der Waals surface area contributed by atoms with Gasteiger partial charge in [-0.3, -0.25) is 10.1 Å². The number of ether oxygens (including phenoxy) is 2. The van der Waals surface area contributed by atoms with Gasteiger partial charge < -0.3 is 9.47 Å². The molecule has 0 amide bonds. The Balaban J connectivity index is 2.04. The van der Waals surface area contributed by atoms with Gasteiger partial charge in [0.2, 0.25) is 0 Å². The molecule has 0 bridgehead atoms. The molecule has 0 aliphatic heterocycles. The van der Waals surface area contributed by atoms with Crippen molar-refractivity contribution in [3.05, 3.63) is 62.1 Å². The molecule has 0 saturated carbocycles. The van der Waals surface area contributed by atoms with Gasteiger partial charge in [0, 0.05) is 12.3 Å². The van der Waals surface area contributed by atoms with Gasteiger partial charge in [-0.1, -0.05) is 29.3 Å². The Morgan fingerprint density at radius 3 is 2.33 bits per heavy atom. The number of nitro groups is 1. The van der Waals surface area contributed by atoms with Crippen molar-refractivity contribution in [3.63, 3.8) is 0 Å². The smallest absolute Gasteiger partial charge is 0.338 e. The molecule has 0 N–H and O–H groups in total. The molecular formula is C16H13Cl2NO7S. The third-order valence-electron chi connectivity index (χ3n) is 3.27. The van der Waals surface area contributed by atoms with E-state index in [1.54, 1.807) is 18.2 Å². The largest absolute Gasteiger partial charge is 0.487 e. The fourth-order valence-corrected chi connectivity index (χ4v) is 3.42. The van der Waals surface area contributed by atoms with Gasteiger partial charge >= 0.3 is 5.97 Å². The van der Waals surface area contributed by atoms with E-state index in [-0.39, 0.29) is 24.5 Å². The number of esters is 1. The second-order valence-electron chi connectivity index (χ2n) is 5.25. The Morgan fingerprint density at radius 1 is 1.15 bits per heavy atom. The van der Waals surface area contributed by atoms with Crippen molar-refractivity contribution in [1.82, 2.24) is 0 Å². The average Bonchev–Trinajstić information content (AvgIpc) is 2.59. The fraction of sp³-hybridized carbons (Fsp3) is 0.188. The number of benzene rings is 2. The molecule has 2 aromatic carbocycles. The van der Waals surface area contributed by atoms with Gasteiger partial charge in [0.05, 0.1) is 20.5 Å². The summed E-state index contributed by atoms with van der Waals surface area (Å²) in [5, 5.41) is 11.7. The van der Waals surface area contributed by atoms with Crippen LogP contribution in [0.5, 0.6) is 5.75 Å². The summed E-state index contributed by atoms with van der Waals surface area (Å²) >= 11 is 11.9. The number of hydrogen-bond donors (Lipinski definition) is 0. The second kappa shape index (κ2) is 8.55. The van der Waals surface area contributed by atoms with E-state index in [4.69, 9.17) is 32.7 Å². The van der Waals surface area contributed by atoms with Crippen LogP contribution in [0.25, 0.3) is 0 Å². The first-order valence-electron chi connectivity index (χ1n) is 7.33. The van der Waals surface area contributed by atoms with Crippen molar-refractivity contribution in [2.24, 2.45) is 0 Å². The van der Waals surface area contributed by atoms with Gasteiger partial charge in [0.1, 0.15) is 18.1 Å². The standard InChI is InChI=1S/C16H13Cl2NO7S/c1-27(23,24)14-6-5-10(9-13(14)19(21)22)16(20)26-8-7-25-15-11(17)3-2-4-12(15)18/h2-6,9H,7-8H2,1H3. The third-order valence-corrected chi connectivity index (χ3v) is 5.01. The van der Waals surface area contributed by atoms with E-state index in [9.17, 15) is 23.3 Å². The van der Waals surface area contributed by atoms with Crippen LogP contribution in [-0.4, -0.2) is 38.8 Å². The molecule has 11 heteroatoms. The minimum atomic E-state index is -3.82. The zero-order chi connectivity index (χ0) is 20.2. The fourth-order valence-electron chi connectivity index (χ4n) is 2.08. The van der Waals surface area contributed by atoms with Gasteiger partial charge in [-0.2, -0.15) is 0 Å². The molecule has 2 aromatic rings. The van der Waals surface area contributed by atoms with Crippen LogP contribution in [-0.2, 0) is 14.6 Å². The maximum atomic E-state index is 12.0. The van der Waals surface area contributed by atoms with Crippen molar-refractivity contribution < 1.29 is 27.6 Å². The molecule has 0 radical (unpaired) electrons.